The first-order valence-corrected chi connectivity index (χ1v) is 3.22. The summed E-state index contributed by atoms with van der Waals surface area (Å²) < 4.78 is 0. The number of rotatable bonds is 2. The highest BCUT2D eigenvalue weighted by Crippen LogP contribution is 1.90. The lowest BCUT2D eigenvalue weighted by Gasteiger charge is -1.87. The van der Waals surface area contributed by atoms with Crippen LogP contribution in [0.2, 0.25) is 0 Å². The van der Waals surface area contributed by atoms with Crippen LogP contribution in [0.1, 0.15) is 11.5 Å². The summed E-state index contributed by atoms with van der Waals surface area (Å²) in [6.45, 7) is 1.79. The third-order valence-electron chi connectivity index (χ3n) is 1.09. The number of aromatic nitrogens is 2. The van der Waals surface area contributed by atoms with E-state index in [9.17, 15) is 4.79 Å². The number of carboxylic acid groups (broad SMARTS) is 1. The number of hydrogen-bond acceptors (Lipinski definition) is 3. The quantitative estimate of drug-likeness (QED) is 0.438. The summed E-state index contributed by atoms with van der Waals surface area (Å²) in [6.07, 6.45) is 1.71. The molecule has 3 N–H and O–H groups in total. The number of H-pyrrole nitrogens is 1. The van der Waals surface area contributed by atoms with E-state index in [1.54, 1.807) is 13.1 Å². The van der Waals surface area contributed by atoms with Crippen LogP contribution in [0.3, 0.4) is 0 Å². The number of hydrogen-bond donors (Lipinski definition) is 3. The van der Waals surface area contributed by atoms with Gasteiger partial charge in [-0.15, -0.1) is 0 Å². The second kappa shape index (κ2) is 3.51. The third kappa shape index (κ3) is 2.41. The van der Waals surface area contributed by atoms with Gasteiger partial charge in [0.2, 0.25) is 0 Å². The molecule has 0 aliphatic carbocycles. The molecule has 1 rings (SSSR count). The lowest BCUT2D eigenvalue weighted by Crippen LogP contribution is -2.13. The molecule has 0 unspecified atom stereocenters. The number of carbonyl (C=O) groups is 1. The molecule has 0 saturated carbocycles. The number of aryl methyl sites for hydroxylation is 1. The maximum Gasteiger partial charge on any atom is 0.425 e. The van der Waals surface area contributed by atoms with Crippen LogP contribution in [0.5, 0.6) is 0 Å². The van der Waals surface area contributed by atoms with Gasteiger partial charge in [0.15, 0.2) is 0 Å². The zero-order valence-corrected chi connectivity index (χ0v) is 6.40. The molecule has 1 aromatic heterocycles. The van der Waals surface area contributed by atoms with Crippen molar-refractivity contribution < 1.29 is 9.90 Å². The van der Waals surface area contributed by atoms with Gasteiger partial charge in [0.1, 0.15) is 5.82 Å². The Labute approximate surface area is 68.3 Å². The van der Waals surface area contributed by atoms with Crippen LogP contribution < -0.4 is 5.43 Å². The molecule has 6 heteroatoms. The van der Waals surface area contributed by atoms with E-state index in [1.807, 2.05) is 5.43 Å². The first-order valence-electron chi connectivity index (χ1n) is 3.22. The Morgan fingerprint density at radius 1 is 1.92 bits per heavy atom. The molecule has 0 saturated heterocycles. The first kappa shape index (κ1) is 8.25. The monoisotopic (exact) mass is 168 g/mol. The molecule has 1 amide bonds. The largest absolute Gasteiger partial charge is 0.464 e. The molecule has 0 spiro atoms. The van der Waals surface area contributed by atoms with Crippen molar-refractivity contribution in [2.45, 2.75) is 6.92 Å². The van der Waals surface area contributed by atoms with E-state index in [2.05, 4.69) is 15.1 Å². The van der Waals surface area contributed by atoms with Gasteiger partial charge in [0, 0.05) is 0 Å². The van der Waals surface area contributed by atoms with E-state index >= 15 is 0 Å². The predicted octanol–water partition coefficient (Wildman–Crippen LogP) is 0.320. The van der Waals surface area contributed by atoms with E-state index in [-0.39, 0.29) is 0 Å². The number of imidazole rings is 1. The van der Waals surface area contributed by atoms with Crippen molar-refractivity contribution in [3.8, 4) is 0 Å². The van der Waals surface area contributed by atoms with Gasteiger partial charge in [-0.25, -0.2) is 15.2 Å². The molecule has 0 bridgehead atoms. The van der Waals surface area contributed by atoms with Crippen molar-refractivity contribution in [1.82, 2.24) is 15.4 Å². The number of nitrogens with one attached hydrogen (secondary N) is 2. The molecule has 0 fully saturated rings. The number of nitrogens with zero attached hydrogens (tertiary/aromatic N) is 2. The first-order chi connectivity index (χ1) is 5.68. The molecule has 1 heterocycles. The maximum atomic E-state index is 9.94. The lowest BCUT2D eigenvalue weighted by molar-refractivity contribution is 0.195. The molecule has 64 valence electrons. The zero-order chi connectivity index (χ0) is 8.97. The van der Waals surface area contributed by atoms with Gasteiger partial charge in [-0.2, -0.15) is 5.10 Å². The minimum absolute atomic E-state index is 0.654. The Morgan fingerprint density at radius 2 is 2.67 bits per heavy atom. The highest BCUT2D eigenvalue weighted by molar-refractivity contribution is 5.77. The van der Waals surface area contributed by atoms with Crippen molar-refractivity contribution in [3.05, 3.63) is 17.7 Å². The van der Waals surface area contributed by atoms with Crippen LogP contribution in [0.4, 0.5) is 4.79 Å². The fourth-order valence-electron chi connectivity index (χ4n) is 0.662. The average Bonchev–Trinajstić information content (AvgIpc) is 2.35. The van der Waals surface area contributed by atoms with Crippen molar-refractivity contribution in [2.75, 3.05) is 0 Å². The second-order valence-electron chi connectivity index (χ2n) is 2.10. The fraction of sp³-hybridized carbons (Fsp3) is 0.167. The molecule has 12 heavy (non-hydrogen) atoms. The Kier molecular flexibility index (Phi) is 2.42. The molecule has 0 atom stereocenters. The van der Waals surface area contributed by atoms with E-state index < -0.39 is 6.09 Å². The van der Waals surface area contributed by atoms with Gasteiger partial charge in [-0.1, -0.05) is 0 Å². The van der Waals surface area contributed by atoms with E-state index in [0.717, 1.165) is 5.82 Å². The van der Waals surface area contributed by atoms with Crippen LogP contribution >= 0.6 is 0 Å². The average molecular weight is 168 g/mol. The van der Waals surface area contributed by atoms with Crippen LogP contribution in [0.15, 0.2) is 11.3 Å². The topological polar surface area (TPSA) is 90.4 Å². The highest BCUT2D eigenvalue weighted by Gasteiger charge is 1.91. The molecule has 0 aromatic carbocycles. The van der Waals surface area contributed by atoms with Crippen LogP contribution in [-0.4, -0.2) is 27.4 Å². The van der Waals surface area contributed by atoms with Crippen molar-refractivity contribution in [2.24, 2.45) is 5.10 Å². The Hall–Kier alpha value is -1.85. The fourth-order valence-corrected chi connectivity index (χ4v) is 0.662. The smallest absolute Gasteiger partial charge is 0.425 e. The van der Waals surface area contributed by atoms with Crippen molar-refractivity contribution in [3.63, 3.8) is 0 Å². The third-order valence-corrected chi connectivity index (χ3v) is 1.09. The standard InChI is InChI=1S/C6H8N4O2/c1-4-7-2-5(9-4)3-8-10-6(11)12/h2-3,10H,1H3,(H,7,9)(H,11,12)/b8-3+. The van der Waals surface area contributed by atoms with Crippen molar-refractivity contribution >= 4 is 12.3 Å². The summed E-state index contributed by atoms with van der Waals surface area (Å²) in [5.74, 6) is 0.756. The summed E-state index contributed by atoms with van der Waals surface area (Å²) >= 11 is 0. The SMILES string of the molecule is Cc1ncc(/C=N/NC(=O)O)[nH]1. The normalized spacial score (nSPS) is 10.4. The van der Waals surface area contributed by atoms with Gasteiger partial charge in [0.25, 0.3) is 0 Å². The van der Waals surface area contributed by atoms with Crippen LogP contribution in [-0.2, 0) is 0 Å². The lowest BCUT2D eigenvalue weighted by atomic mass is 10.5. The molecule has 6 nitrogen and oxygen atoms in total. The minimum atomic E-state index is -1.19. The molecule has 0 radical (unpaired) electrons. The molecule has 1 aromatic rings. The van der Waals surface area contributed by atoms with Crippen LogP contribution in [0, 0.1) is 6.92 Å². The van der Waals surface area contributed by atoms with Gasteiger partial charge in [-0.3, -0.25) is 0 Å². The Balaban J connectivity index is 2.52. The summed E-state index contributed by atoms with van der Waals surface area (Å²) in [5.41, 5.74) is 2.50. The summed E-state index contributed by atoms with van der Waals surface area (Å²) in [7, 11) is 0. The number of aromatic amines is 1. The van der Waals surface area contributed by atoms with E-state index in [4.69, 9.17) is 5.11 Å². The highest BCUT2D eigenvalue weighted by atomic mass is 16.4. The van der Waals surface area contributed by atoms with Crippen molar-refractivity contribution in [1.29, 1.82) is 0 Å². The number of hydrazone groups is 1. The van der Waals surface area contributed by atoms with Gasteiger partial charge in [-0.05, 0) is 6.92 Å². The zero-order valence-electron chi connectivity index (χ0n) is 6.40. The Morgan fingerprint density at radius 3 is 3.17 bits per heavy atom. The predicted molar refractivity (Wildman–Crippen MR) is 42.1 cm³/mol. The summed E-state index contributed by atoms with van der Waals surface area (Å²) in [6, 6.07) is 0. The van der Waals surface area contributed by atoms with Crippen LogP contribution in [0.25, 0.3) is 0 Å². The molecular weight excluding hydrogens is 160 g/mol. The minimum Gasteiger partial charge on any atom is -0.464 e. The van der Waals surface area contributed by atoms with Gasteiger partial charge < -0.3 is 10.1 Å². The van der Waals surface area contributed by atoms with Gasteiger partial charge >= 0.3 is 6.09 Å². The van der Waals surface area contributed by atoms with E-state index in [1.165, 1.54) is 6.21 Å². The second-order valence-corrected chi connectivity index (χ2v) is 2.10. The van der Waals surface area contributed by atoms with E-state index in [0.29, 0.717) is 5.69 Å². The Bertz CT molecular complexity index is 304. The maximum absolute atomic E-state index is 9.94. The van der Waals surface area contributed by atoms with Gasteiger partial charge in [0.05, 0.1) is 18.1 Å². The summed E-state index contributed by atoms with van der Waals surface area (Å²) in [4.78, 5) is 16.7. The molecule has 0 aliphatic rings. The molecular formula is C6H8N4O2. The summed E-state index contributed by atoms with van der Waals surface area (Å²) in [5, 5.41) is 11.6. The molecule has 0 aliphatic heterocycles. The number of amides is 1.